The first-order chi connectivity index (χ1) is 9.49. The van der Waals surface area contributed by atoms with Crippen molar-refractivity contribution in [3.05, 3.63) is 29.1 Å². The summed E-state index contributed by atoms with van der Waals surface area (Å²) >= 11 is 0. The Labute approximate surface area is 127 Å². The summed E-state index contributed by atoms with van der Waals surface area (Å²) < 4.78 is 40.2. The quantitative estimate of drug-likeness (QED) is 0.908. The maximum Gasteiger partial charge on any atom is 0.242 e. The topological polar surface area (TPSA) is 49.4 Å². The predicted molar refractivity (Wildman–Crippen MR) is 83.2 cm³/mol. The van der Waals surface area contributed by atoms with E-state index in [9.17, 15) is 12.8 Å². The SMILES string of the molecule is CCN(C)S(=O)(=O)c1cc(C)c(F)c(CNC(C)(C)C)c1. The predicted octanol–water partition coefficient (Wildman–Crippen LogP) is 2.66. The minimum absolute atomic E-state index is 0.136. The van der Waals surface area contributed by atoms with Crippen molar-refractivity contribution in [2.45, 2.75) is 51.6 Å². The van der Waals surface area contributed by atoms with Crippen LogP contribution < -0.4 is 5.32 Å². The number of hydrogen-bond acceptors (Lipinski definition) is 3. The van der Waals surface area contributed by atoms with Gasteiger partial charge in [0, 0.05) is 31.2 Å². The Balaban J connectivity index is 3.24. The van der Waals surface area contributed by atoms with E-state index in [-0.39, 0.29) is 22.8 Å². The molecule has 4 nitrogen and oxygen atoms in total. The molecule has 1 aromatic rings. The van der Waals surface area contributed by atoms with Crippen LogP contribution in [0.15, 0.2) is 17.0 Å². The van der Waals surface area contributed by atoms with E-state index in [1.165, 1.54) is 23.5 Å². The Morgan fingerprint density at radius 1 is 1.29 bits per heavy atom. The molecular weight excluding hydrogens is 291 g/mol. The van der Waals surface area contributed by atoms with Gasteiger partial charge in [0.15, 0.2) is 0 Å². The molecule has 0 saturated carbocycles. The molecule has 21 heavy (non-hydrogen) atoms. The van der Waals surface area contributed by atoms with Gasteiger partial charge in [-0.15, -0.1) is 0 Å². The van der Waals surface area contributed by atoms with Gasteiger partial charge in [-0.25, -0.2) is 17.1 Å². The van der Waals surface area contributed by atoms with Crippen LogP contribution in [0.25, 0.3) is 0 Å². The Hall–Kier alpha value is -0.980. The molecule has 120 valence electrons. The van der Waals surface area contributed by atoms with Crippen LogP contribution in [0, 0.1) is 12.7 Å². The lowest BCUT2D eigenvalue weighted by atomic mass is 10.1. The van der Waals surface area contributed by atoms with Gasteiger partial charge < -0.3 is 5.32 Å². The molecule has 0 aliphatic carbocycles. The number of aryl methyl sites for hydroxylation is 1. The molecule has 0 fully saturated rings. The average molecular weight is 316 g/mol. The molecule has 0 unspecified atom stereocenters. The highest BCUT2D eigenvalue weighted by atomic mass is 32.2. The van der Waals surface area contributed by atoms with Crippen molar-refractivity contribution in [3.8, 4) is 0 Å². The molecule has 1 rings (SSSR count). The summed E-state index contributed by atoms with van der Waals surface area (Å²) in [6.45, 7) is 9.93. The maximum absolute atomic E-state index is 14.2. The van der Waals surface area contributed by atoms with Gasteiger partial charge in [0.1, 0.15) is 5.82 Å². The van der Waals surface area contributed by atoms with Crippen molar-refractivity contribution < 1.29 is 12.8 Å². The Bertz CT molecular complexity index is 607. The smallest absolute Gasteiger partial charge is 0.242 e. The van der Waals surface area contributed by atoms with Gasteiger partial charge in [-0.3, -0.25) is 0 Å². The van der Waals surface area contributed by atoms with E-state index in [1.807, 2.05) is 20.8 Å². The van der Waals surface area contributed by atoms with Gasteiger partial charge in [-0.1, -0.05) is 6.92 Å². The highest BCUT2D eigenvalue weighted by molar-refractivity contribution is 7.89. The van der Waals surface area contributed by atoms with Gasteiger partial charge in [0.25, 0.3) is 0 Å². The summed E-state index contributed by atoms with van der Waals surface area (Å²) in [5.41, 5.74) is 0.536. The fourth-order valence-electron chi connectivity index (χ4n) is 1.79. The maximum atomic E-state index is 14.2. The zero-order chi connectivity index (χ0) is 16.4. The van der Waals surface area contributed by atoms with Crippen LogP contribution in [-0.4, -0.2) is 31.9 Å². The minimum Gasteiger partial charge on any atom is -0.308 e. The summed E-state index contributed by atoms with van der Waals surface area (Å²) in [6.07, 6.45) is 0. The molecule has 0 amide bonds. The first kappa shape index (κ1) is 18.1. The standard InChI is InChI=1S/C15H25FN2O2S/c1-7-18(6)21(19,20)13-8-11(2)14(16)12(9-13)10-17-15(3,4)5/h8-9,17H,7,10H2,1-6H3. The lowest BCUT2D eigenvalue weighted by molar-refractivity contribution is 0.417. The number of benzene rings is 1. The number of hydrogen-bond donors (Lipinski definition) is 1. The van der Waals surface area contributed by atoms with E-state index in [0.717, 1.165) is 0 Å². The molecule has 0 spiro atoms. The third kappa shape index (κ3) is 4.49. The van der Waals surface area contributed by atoms with Gasteiger partial charge in [0.05, 0.1) is 4.90 Å². The summed E-state index contributed by atoms with van der Waals surface area (Å²) in [4.78, 5) is 0.136. The molecule has 1 N–H and O–H groups in total. The second kappa shape index (κ2) is 6.42. The molecule has 0 bridgehead atoms. The number of sulfonamides is 1. The molecule has 0 saturated heterocycles. The van der Waals surface area contributed by atoms with Crippen LogP contribution in [-0.2, 0) is 16.6 Å². The first-order valence-electron chi connectivity index (χ1n) is 6.99. The average Bonchev–Trinajstić information content (AvgIpc) is 2.37. The number of rotatable bonds is 5. The van der Waals surface area contributed by atoms with Crippen LogP contribution in [0.4, 0.5) is 4.39 Å². The lowest BCUT2D eigenvalue weighted by Crippen LogP contribution is -2.35. The number of halogens is 1. The van der Waals surface area contributed by atoms with E-state index < -0.39 is 10.0 Å². The molecule has 6 heteroatoms. The van der Waals surface area contributed by atoms with E-state index in [4.69, 9.17) is 0 Å². The molecular formula is C15H25FN2O2S. The van der Waals surface area contributed by atoms with E-state index in [2.05, 4.69) is 5.32 Å². The summed E-state index contributed by atoms with van der Waals surface area (Å²) in [6, 6.07) is 2.81. The zero-order valence-corrected chi connectivity index (χ0v) is 14.4. The minimum atomic E-state index is -3.57. The normalized spacial score (nSPS) is 13.0. The first-order valence-corrected chi connectivity index (χ1v) is 8.43. The Morgan fingerprint density at radius 2 is 1.86 bits per heavy atom. The Morgan fingerprint density at radius 3 is 2.33 bits per heavy atom. The lowest BCUT2D eigenvalue weighted by Gasteiger charge is -2.22. The van der Waals surface area contributed by atoms with Crippen LogP contribution in [0.2, 0.25) is 0 Å². The number of nitrogens with one attached hydrogen (secondary N) is 1. The van der Waals surface area contributed by atoms with Crippen LogP contribution in [0.5, 0.6) is 0 Å². The van der Waals surface area contributed by atoms with Gasteiger partial charge >= 0.3 is 0 Å². The third-order valence-corrected chi connectivity index (χ3v) is 5.18. The van der Waals surface area contributed by atoms with Crippen molar-refractivity contribution in [3.63, 3.8) is 0 Å². The third-order valence-electron chi connectivity index (χ3n) is 3.27. The molecule has 0 aliphatic heterocycles. The fraction of sp³-hybridized carbons (Fsp3) is 0.600. The van der Waals surface area contributed by atoms with Crippen LogP contribution in [0.3, 0.4) is 0 Å². The monoisotopic (exact) mass is 316 g/mol. The molecule has 0 aromatic heterocycles. The zero-order valence-electron chi connectivity index (χ0n) is 13.6. The second-order valence-electron chi connectivity index (χ2n) is 6.24. The molecule has 0 aliphatic rings. The van der Waals surface area contributed by atoms with Gasteiger partial charge in [-0.2, -0.15) is 0 Å². The number of nitrogens with zero attached hydrogens (tertiary/aromatic N) is 1. The van der Waals surface area contributed by atoms with E-state index in [1.54, 1.807) is 13.8 Å². The summed E-state index contributed by atoms with van der Waals surface area (Å²) in [7, 11) is -2.05. The van der Waals surface area contributed by atoms with Gasteiger partial charge in [0.2, 0.25) is 10.0 Å². The van der Waals surface area contributed by atoms with E-state index in [0.29, 0.717) is 17.7 Å². The van der Waals surface area contributed by atoms with Crippen molar-refractivity contribution in [1.29, 1.82) is 0 Å². The Kier molecular flexibility index (Phi) is 5.52. The molecule has 0 radical (unpaired) electrons. The summed E-state index contributed by atoms with van der Waals surface area (Å²) in [5.74, 6) is -0.357. The van der Waals surface area contributed by atoms with Crippen molar-refractivity contribution in [1.82, 2.24) is 9.62 Å². The highest BCUT2D eigenvalue weighted by Crippen LogP contribution is 2.22. The molecule has 0 heterocycles. The summed E-state index contributed by atoms with van der Waals surface area (Å²) in [5, 5.41) is 3.18. The van der Waals surface area contributed by atoms with Crippen molar-refractivity contribution in [2.75, 3.05) is 13.6 Å². The molecule has 1 aromatic carbocycles. The van der Waals surface area contributed by atoms with Crippen molar-refractivity contribution >= 4 is 10.0 Å². The second-order valence-corrected chi connectivity index (χ2v) is 8.28. The van der Waals surface area contributed by atoms with E-state index >= 15 is 0 Å². The van der Waals surface area contributed by atoms with Crippen molar-refractivity contribution in [2.24, 2.45) is 0 Å². The van der Waals surface area contributed by atoms with Crippen LogP contribution in [0.1, 0.15) is 38.8 Å². The largest absolute Gasteiger partial charge is 0.308 e. The highest BCUT2D eigenvalue weighted by Gasteiger charge is 2.22. The fourth-order valence-corrected chi connectivity index (χ4v) is 3.11. The van der Waals surface area contributed by atoms with Gasteiger partial charge in [-0.05, 0) is 45.4 Å². The van der Waals surface area contributed by atoms with Crippen LogP contribution >= 0.6 is 0 Å². The molecule has 0 atom stereocenters.